The second-order valence-corrected chi connectivity index (χ2v) is 4.95. The van der Waals surface area contributed by atoms with Crippen LogP contribution < -0.4 is 10.1 Å². The lowest BCUT2D eigenvalue weighted by atomic mass is 10.0. The molecule has 2 aromatic rings. The number of nitrogens with one attached hydrogen (secondary N) is 1. The van der Waals surface area contributed by atoms with Crippen molar-refractivity contribution in [3.8, 4) is 5.75 Å². The van der Waals surface area contributed by atoms with Crippen LogP contribution in [0, 0.1) is 0 Å². The highest BCUT2D eigenvalue weighted by Crippen LogP contribution is 2.20. The number of carbonyl (C=O) groups excluding carboxylic acids is 1. The Hall–Kier alpha value is -2.59. The lowest BCUT2D eigenvalue weighted by molar-refractivity contribution is -0.115. The zero-order valence-electron chi connectivity index (χ0n) is 13.4. The molecule has 4 heteroatoms. The molecular weight excluding hydrogens is 290 g/mol. The van der Waals surface area contributed by atoms with Gasteiger partial charge in [-0.15, -0.1) is 0 Å². The SMILES string of the molecule is COCCNC(=O)/C(=C/c1ccc(OC)cc1)c1ccccc1. The average Bonchev–Trinajstić information content (AvgIpc) is 2.61. The molecule has 0 aliphatic carbocycles. The second kappa shape index (κ2) is 8.76. The summed E-state index contributed by atoms with van der Waals surface area (Å²) in [6.45, 7) is 0.957. The van der Waals surface area contributed by atoms with Crippen LogP contribution in [0.1, 0.15) is 11.1 Å². The van der Waals surface area contributed by atoms with Crippen LogP contribution >= 0.6 is 0 Å². The standard InChI is InChI=1S/C19H21NO3/c1-22-13-12-20-19(21)18(16-6-4-3-5-7-16)14-15-8-10-17(23-2)11-9-15/h3-11,14H,12-13H2,1-2H3,(H,20,21)/b18-14+. The third-order valence-electron chi connectivity index (χ3n) is 3.35. The lowest BCUT2D eigenvalue weighted by Gasteiger charge is -2.10. The van der Waals surface area contributed by atoms with Gasteiger partial charge in [0.1, 0.15) is 5.75 Å². The van der Waals surface area contributed by atoms with Gasteiger partial charge in [-0.2, -0.15) is 0 Å². The van der Waals surface area contributed by atoms with Crippen LogP contribution in [0.3, 0.4) is 0 Å². The van der Waals surface area contributed by atoms with Gasteiger partial charge in [-0.1, -0.05) is 42.5 Å². The molecule has 0 spiro atoms. The van der Waals surface area contributed by atoms with Gasteiger partial charge >= 0.3 is 0 Å². The molecule has 0 radical (unpaired) electrons. The van der Waals surface area contributed by atoms with E-state index in [-0.39, 0.29) is 5.91 Å². The number of hydrogen-bond donors (Lipinski definition) is 1. The number of amides is 1. The van der Waals surface area contributed by atoms with Gasteiger partial charge in [-0.25, -0.2) is 0 Å². The van der Waals surface area contributed by atoms with Crippen LogP contribution in [0.5, 0.6) is 5.75 Å². The van der Waals surface area contributed by atoms with Gasteiger partial charge in [0.05, 0.1) is 13.7 Å². The molecule has 0 bridgehead atoms. The van der Waals surface area contributed by atoms with E-state index in [9.17, 15) is 4.79 Å². The first kappa shape index (κ1) is 16.8. The summed E-state index contributed by atoms with van der Waals surface area (Å²) in [5.41, 5.74) is 2.43. The highest BCUT2D eigenvalue weighted by atomic mass is 16.5. The smallest absolute Gasteiger partial charge is 0.251 e. The molecule has 0 aromatic heterocycles. The first-order chi connectivity index (χ1) is 11.2. The van der Waals surface area contributed by atoms with Crippen molar-refractivity contribution in [1.29, 1.82) is 0 Å². The molecule has 0 atom stereocenters. The topological polar surface area (TPSA) is 47.6 Å². The molecule has 0 aliphatic rings. The van der Waals surface area contributed by atoms with Crippen LogP contribution in [-0.2, 0) is 9.53 Å². The van der Waals surface area contributed by atoms with Crippen LogP contribution in [-0.4, -0.2) is 33.3 Å². The van der Waals surface area contributed by atoms with Gasteiger partial charge in [0, 0.05) is 19.2 Å². The molecule has 120 valence electrons. The Kier molecular flexibility index (Phi) is 6.39. The lowest BCUT2D eigenvalue weighted by Crippen LogP contribution is -2.27. The Labute approximate surface area is 136 Å². The quantitative estimate of drug-likeness (QED) is 0.486. The van der Waals surface area contributed by atoms with E-state index < -0.39 is 0 Å². The Bertz CT molecular complexity index is 648. The van der Waals surface area contributed by atoms with E-state index >= 15 is 0 Å². The molecule has 23 heavy (non-hydrogen) atoms. The minimum atomic E-state index is -0.121. The fourth-order valence-corrected chi connectivity index (χ4v) is 2.13. The Morgan fingerprint density at radius 3 is 2.35 bits per heavy atom. The minimum absolute atomic E-state index is 0.121. The van der Waals surface area contributed by atoms with Gasteiger partial charge in [-0.3, -0.25) is 4.79 Å². The Balaban J connectivity index is 2.28. The van der Waals surface area contributed by atoms with Crippen molar-refractivity contribution in [2.24, 2.45) is 0 Å². The summed E-state index contributed by atoms with van der Waals surface area (Å²) in [5.74, 6) is 0.664. The van der Waals surface area contributed by atoms with Crippen molar-refractivity contribution in [1.82, 2.24) is 5.32 Å². The van der Waals surface area contributed by atoms with Crippen LogP contribution in [0.4, 0.5) is 0 Å². The molecule has 1 N–H and O–H groups in total. The minimum Gasteiger partial charge on any atom is -0.497 e. The van der Waals surface area contributed by atoms with E-state index in [4.69, 9.17) is 9.47 Å². The zero-order chi connectivity index (χ0) is 16.5. The largest absolute Gasteiger partial charge is 0.497 e. The van der Waals surface area contributed by atoms with Gasteiger partial charge in [0.15, 0.2) is 0 Å². The summed E-state index contributed by atoms with van der Waals surface area (Å²) < 4.78 is 10.1. The predicted molar refractivity (Wildman–Crippen MR) is 92.2 cm³/mol. The summed E-state index contributed by atoms with van der Waals surface area (Å²) in [5, 5.41) is 2.87. The molecule has 2 rings (SSSR count). The predicted octanol–water partition coefficient (Wildman–Crippen LogP) is 3.00. The van der Waals surface area contributed by atoms with Crippen molar-refractivity contribution in [3.05, 3.63) is 65.7 Å². The van der Waals surface area contributed by atoms with Crippen molar-refractivity contribution in [2.75, 3.05) is 27.4 Å². The summed E-state index contributed by atoms with van der Waals surface area (Å²) in [6.07, 6.45) is 1.87. The van der Waals surface area contributed by atoms with Crippen molar-refractivity contribution in [2.45, 2.75) is 0 Å². The molecule has 0 aliphatic heterocycles. The van der Waals surface area contributed by atoms with E-state index in [1.165, 1.54) is 0 Å². The Morgan fingerprint density at radius 2 is 1.74 bits per heavy atom. The highest BCUT2D eigenvalue weighted by Gasteiger charge is 2.11. The first-order valence-electron chi connectivity index (χ1n) is 7.43. The summed E-state index contributed by atoms with van der Waals surface area (Å²) in [6, 6.07) is 17.2. The monoisotopic (exact) mass is 311 g/mol. The number of methoxy groups -OCH3 is 2. The van der Waals surface area contributed by atoms with E-state index in [0.29, 0.717) is 18.7 Å². The van der Waals surface area contributed by atoms with Crippen molar-refractivity contribution >= 4 is 17.6 Å². The van der Waals surface area contributed by atoms with E-state index in [1.54, 1.807) is 14.2 Å². The summed E-state index contributed by atoms with van der Waals surface area (Å²) in [7, 11) is 3.24. The maximum absolute atomic E-state index is 12.5. The van der Waals surface area contributed by atoms with Gasteiger partial charge in [0.2, 0.25) is 0 Å². The second-order valence-electron chi connectivity index (χ2n) is 4.95. The van der Waals surface area contributed by atoms with E-state index in [1.807, 2.05) is 60.7 Å². The fraction of sp³-hybridized carbons (Fsp3) is 0.211. The number of hydrogen-bond acceptors (Lipinski definition) is 3. The molecule has 0 saturated heterocycles. The zero-order valence-corrected chi connectivity index (χ0v) is 13.4. The fourth-order valence-electron chi connectivity index (χ4n) is 2.13. The van der Waals surface area contributed by atoms with Gasteiger partial charge in [0.25, 0.3) is 5.91 Å². The van der Waals surface area contributed by atoms with Gasteiger partial charge in [-0.05, 0) is 29.3 Å². The van der Waals surface area contributed by atoms with Crippen LogP contribution in [0.25, 0.3) is 11.6 Å². The van der Waals surface area contributed by atoms with Crippen LogP contribution in [0.15, 0.2) is 54.6 Å². The van der Waals surface area contributed by atoms with Crippen LogP contribution in [0.2, 0.25) is 0 Å². The summed E-state index contributed by atoms with van der Waals surface area (Å²) >= 11 is 0. The third kappa shape index (κ3) is 4.97. The Morgan fingerprint density at radius 1 is 1.04 bits per heavy atom. The normalized spacial score (nSPS) is 11.1. The van der Waals surface area contributed by atoms with E-state index in [0.717, 1.165) is 16.9 Å². The molecule has 0 saturated carbocycles. The number of benzene rings is 2. The molecule has 2 aromatic carbocycles. The van der Waals surface area contributed by atoms with E-state index in [2.05, 4.69) is 5.32 Å². The highest BCUT2D eigenvalue weighted by molar-refractivity contribution is 6.24. The molecule has 0 heterocycles. The molecule has 1 amide bonds. The first-order valence-corrected chi connectivity index (χ1v) is 7.43. The average molecular weight is 311 g/mol. The maximum atomic E-state index is 12.5. The number of carbonyl (C=O) groups is 1. The molecule has 0 fully saturated rings. The maximum Gasteiger partial charge on any atom is 0.251 e. The van der Waals surface area contributed by atoms with Gasteiger partial charge < -0.3 is 14.8 Å². The third-order valence-corrected chi connectivity index (χ3v) is 3.35. The molecule has 4 nitrogen and oxygen atoms in total. The number of rotatable bonds is 7. The van der Waals surface area contributed by atoms with Crippen molar-refractivity contribution in [3.63, 3.8) is 0 Å². The molecule has 0 unspecified atom stereocenters. The summed E-state index contributed by atoms with van der Waals surface area (Å²) in [4.78, 5) is 12.5. The molecular formula is C19H21NO3. The van der Waals surface area contributed by atoms with Crippen molar-refractivity contribution < 1.29 is 14.3 Å². The number of ether oxygens (including phenoxy) is 2.